The molecule has 6 nitrogen and oxygen atoms in total. The smallest absolute Gasteiger partial charge is 0.227 e. The van der Waals surface area contributed by atoms with Crippen molar-refractivity contribution in [2.24, 2.45) is 0 Å². The fourth-order valence-electron chi connectivity index (χ4n) is 2.44. The second kappa shape index (κ2) is 8.15. The van der Waals surface area contributed by atoms with Gasteiger partial charge in [0.05, 0.1) is 26.0 Å². The van der Waals surface area contributed by atoms with Crippen molar-refractivity contribution in [2.75, 3.05) is 25.6 Å². The highest BCUT2D eigenvalue weighted by molar-refractivity contribution is 5.74. The zero-order valence-corrected chi connectivity index (χ0v) is 14.9. The maximum absolute atomic E-state index is 13.5. The predicted molar refractivity (Wildman–Crippen MR) is 100 cm³/mol. The zero-order valence-electron chi connectivity index (χ0n) is 14.9. The fraction of sp³-hybridized carbons (Fsp3) is 0.150. The first-order valence-electron chi connectivity index (χ1n) is 8.06. The van der Waals surface area contributed by atoms with Gasteiger partial charge in [0.2, 0.25) is 11.8 Å². The van der Waals surface area contributed by atoms with Gasteiger partial charge in [0, 0.05) is 30.4 Å². The number of hydrogen-bond donors (Lipinski definition) is 0. The molecule has 0 aliphatic carbocycles. The number of methoxy groups -OCH3 is 1. The first kappa shape index (κ1) is 18.1. The fourth-order valence-corrected chi connectivity index (χ4v) is 2.44. The minimum Gasteiger partial charge on any atom is -0.496 e. The van der Waals surface area contributed by atoms with E-state index < -0.39 is 0 Å². The van der Waals surface area contributed by atoms with E-state index in [1.807, 2.05) is 6.07 Å². The van der Waals surface area contributed by atoms with Gasteiger partial charge < -0.3 is 14.4 Å². The van der Waals surface area contributed by atoms with E-state index in [9.17, 15) is 4.39 Å². The largest absolute Gasteiger partial charge is 0.496 e. The highest BCUT2D eigenvalue weighted by atomic mass is 19.1. The van der Waals surface area contributed by atoms with Crippen LogP contribution in [0.25, 0.3) is 11.1 Å². The van der Waals surface area contributed by atoms with Crippen molar-refractivity contribution >= 4 is 5.95 Å². The number of pyridine rings is 1. The first-order chi connectivity index (χ1) is 13.1. The topological polar surface area (TPSA) is 60.4 Å². The summed E-state index contributed by atoms with van der Waals surface area (Å²) in [5.74, 6) is 3.75. The lowest BCUT2D eigenvalue weighted by atomic mass is 10.1. The number of rotatable bonds is 6. The van der Waals surface area contributed by atoms with Gasteiger partial charge >= 0.3 is 0 Å². The van der Waals surface area contributed by atoms with Crippen molar-refractivity contribution in [3.05, 3.63) is 54.7 Å². The maximum Gasteiger partial charge on any atom is 0.227 e. The third-order valence-electron chi connectivity index (χ3n) is 3.72. The van der Waals surface area contributed by atoms with Gasteiger partial charge in [-0.05, 0) is 24.3 Å². The molecule has 7 heteroatoms. The summed E-state index contributed by atoms with van der Waals surface area (Å²) < 4.78 is 24.6. The van der Waals surface area contributed by atoms with Gasteiger partial charge in [-0.2, -0.15) is 0 Å². The highest BCUT2D eigenvalue weighted by Crippen LogP contribution is 2.37. The van der Waals surface area contributed by atoms with Crippen LogP contribution in [0.5, 0.6) is 17.4 Å². The Morgan fingerprint density at radius 1 is 1.15 bits per heavy atom. The summed E-state index contributed by atoms with van der Waals surface area (Å²) in [6, 6.07) is 7.86. The Morgan fingerprint density at radius 2 is 1.93 bits per heavy atom. The molecule has 3 rings (SSSR count). The molecular formula is C20H17FN4O2. The van der Waals surface area contributed by atoms with Crippen LogP contribution in [0.2, 0.25) is 0 Å². The Balaban J connectivity index is 1.90. The standard InChI is InChI=1S/C20H17FN4O2/c1-4-10-25(2)20-23-12-15(13-24-20)27-19-17(6-5-9-22-19)16-8-7-14(21)11-18(16)26-3/h1,5-9,11-13H,10H2,2-3H3. The summed E-state index contributed by atoms with van der Waals surface area (Å²) in [7, 11) is 3.28. The average Bonchev–Trinajstić information content (AvgIpc) is 2.69. The third-order valence-corrected chi connectivity index (χ3v) is 3.72. The molecule has 0 aliphatic heterocycles. The molecule has 0 spiro atoms. The van der Waals surface area contributed by atoms with Gasteiger partial charge in [-0.1, -0.05) is 5.92 Å². The van der Waals surface area contributed by atoms with Crippen molar-refractivity contribution in [3.63, 3.8) is 0 Å². The molecule has 0 amide bonds. The van der Waals surface area contributed by atoms with Crippen LogP contribution in [-0.2, 0) is 0 Å². The lowest BCUT2D eigenvalue weighted by Gasteiger charge is -2.14. The molecule has 2 aromatic heterocycles. The molecule has 2 heterocycles. The second-order valence-electron chi connectivity index (χ2n) is 5.58. The minimum absolute atomic E-state index is 0.329. The first-order valence-corrected chi connectivity index (χ1v) is 8.06. The Hall–Kier alpha value is -3.66. The Labute approximate surface area is 156 Å². The minimum atomic E-state index is -0.387. The molecule has 0 aliphatic rings. The van der Waals surface area contributed by atoms with Crippen LogP contribution >= 0.6 is 0 Å². The molecule has 0 saturated carbocycles. The zero-order chi connectivity index (χ0) is 19.2. The molecule has 3 aromatic rings. The molecule has 0 fully saturated rings. The Kier molecular flexibility index (Phi) is 5.47. The lowest BCUT2D eigenvalue weighted by molar-refractivity contribution is 0.412. The van der Waals surface area contributed by atoms with Gasteiger partial charge in [-0.25, -0.2) is 19.3 Å². The van der Waals surface area contributed by atoms with E-state index in [0.717, 1.165) is 0 Å². The predicted octanol–water partition coefficient (Wildman–Crippen LogP) is 3.55. The van der Waals surface area contributed by atoms with Gasteiger partial charge in [-0.3, -0.25) is 0 Å². The number of nitrogens with zero attached hydrogens (tertiary/aromatic N) is 4. The third kappa shape index (κ3) is 4.12. The van der Waals surface area contributed by atoms with E-state index in [1.54, 1.807) is 30.3 Å². The monoisotopic (exact) mass is 364 g/mol. The SMILES string of the molecule is C#CCN(C)c1ncc(Oc2ncccc2-c2ccc(F)cc2OC)cn1. The molecule has 0 saturated heterocycles. The van der Waals surface area contributed by atoms with Crippen LogP contribution in [0.4, 0.5) is 10.3 Å². The molecule has 0 bridgehead atoms. The van der Waals surface area contributed by atoms with Crippen LogP contribution in [0.3, 0.4) is 0 Å². The Bertz CT molecular complexity index is 970. The summed E-state index contributed by atoms with van der Waals surface area (Å²) in [5, 5.41) is 0. The number of hydrogen-bond acceptors (Lipinski definition) is 6. The van der Waals surface area contributed by atoms with Crippen molar-refractivity contribution in [1.82, 2.24) is 15.0 Å². The van der Waals surface area contributed by atoms with E-state index in [2.05, 4.69) is 20.9 Å². The molecule has 0 N–H and O–H groups in total. The second-order valence-corrected chi connectivity index (χ2v) is 5.58. The van der Waals surface area contributed by atoms with Gasteiger partial charge in [-0.15, -0.1) is 6.42 Å². The molecule has 0 atom stereocenters. The molecule has 136 valence electrons. The summed E-state index contributed by atoms with van der Waals surface area (Å²) >= 11 is 0. The highest BCUT2D eigenvalue weighted by Gasteiger charge is 2.14. The average molecular weight is 364 g/mol. The van der Waals surface area contributed by atoms with Crippen LogP contribution in [0, 0.1) is 18.2 Å². The maximum atomic E-state index is 13.5. The molecule has 1 aromatic carbocycles. The number of benzene rings is 1. The number of halogens is 1. The summed E-state index contributed by atoms with van der Waals surface area (Å²) in [6.07, 6.45) is 9.97. The van der Waals surface area contributed by atoms with Crippen molar-refractivity contribution in [1.29, 1.82) is 0 Å². The number of aromatic nitrogens is 3. The van der Waals surface area contributed by atoms with E-state index >= 15 is 0 Å². The van der Waals surface area contributed by atoms with Gasteiger partial charge in [0.1, 0.15) is 11.6 Å². The summed E-state index contributed by atoms with van der Waals surface area (Å²) in [6.45, 7) is 0.398. The Morgan fingerprint density at radius 3 is 2.63 bits per heavy atom. The van der Waals surface area contributed by atoms with Gasteiger partial charge in [0.25, 0.3) is 0 Å². The van der Waals surface area contributed by atoms with Crippen LogP contribution in [-0.4, -0.2) is 35.7 Å². The molecular weight excluding hydrogens is 347 g/mol. The number of terminal acetylenes is 1. The van der Waals surface area contributed by atoms with Crippen molar-refractivity contribution < 1.29 is 13.9 Å². The normalized spacial score (nSPS) is 10.1. The number of ether oxygens (including phenoxy) is 2. The van der Waals surface area contributed by atoms with Gasteiger partial charge in [0.15, 0.2) is 5.75 Å². The molecule has 0 radical (unpaired) electrons. The van der Waals surface area contributed by atoms with Crippen molar-refractivity contribution in [3.8, 4) is 40.8 Å². The van der Waals surface area contributed by atoms with E-state index in [1.165, 1.54) is 31.6 Å². The van der Waals surface area contributed by atoms with E-state index in [4.69, 9.17) is 15.9 Å². The van der Waals surface area contributed by atoms with Crippen LogP contribution < -0.4 is 14.4 Å². The number of anilines is 1. The van der Waals surface area contributed by atoms with Crippen LogP contribution in [0.15, 0.2) is 48.9 Å². The summed E-state index contributed by atoms with van der Waals surface area (Å²) in [4.78, 5) is 14.5. The van der Waals surface area contributed by atoms with Crippen LogP contribution in [0.1, 0.15) is 0 Å². The van der Waals surface area contributed by atoms with Crippen molar-refractivity contribution in [2.45, 2.75) is 0 Å². The van der Waals surface area contributed by atoms with E-state index in [0.29, 0.717) is 41.0 Å². The van der Waals surface area contributed by atoms with E-state index in [-0.39, 0.29) is 5.82 Å². The molecule has 0 unspecified atom stereocenters. The quantitative estimate of drug-likeness (QED) is 0.624. The summed E-state index contributed by atoms with van der Waals surface area (Å²) in [5.41, 5.74) is 1.32. The lowest BCUT2D eigenvalue weighted by Crippen LogP contribution is -2.19. The molecule has 27 heavy (non-hydrogen) atoms.